The standard InChI is InChI=1S/C17H14F3N5O3/c1-10-2-3-11(6-21-10)9-27-16(26)23-8-13-5-4-12(7-22-13)14-24-15(28-25-14)17(18,19)20/h2-7H,8-9H2,1H3,(H,23,26). The number of halogens is 3. The molecule has 0 aliphatic carbocycles. The molecular weight excluding hydrogens is 379 g/mol. The number of carbonyl (C=O) groups excluding carboxylic acids is 1. The van der Waals surface area contributed by atoms with Crippen LogP contribution in [0.4, 0.5) is 18.0 Å². The van der Waals surface area contributed by atoms with E-state index in [2.05, 4.69) is 29.9 Å². The normalized spacial score (nSPS) is 11.3. The van der Waals surface area contributed by atoms with Gasteiger partial charge in [-0.2, -0.15) is 18.2 Å². The Labute approximate surface area is 156 Å². The van der Waals surface area contributed by atoms with Crippen molar-refractivity contribution in [3.8, 4) is 11.4 Å². The number of aromatic nitrogens is 4. The van der Waals surface area contributed by atoms with Crippen molar-refractivity contribution in [3.63, 3.8) is 0 Å². The molecule has 3 aromatic rings. The minimum Gasteiger partial charge on any atom is -0.445 e. The van der Waals surface area contributed by atoms with E-state index in [1.165, 1.54) is 18.3 Å². The van der Waals surface area contributed by atoms with Gasteiger partial charge in [0.25, 0.3) is 0 Å². The lowest BCUT2D eigenvalue weighted by atomic mass is 10.2. The number of ether oxygens (including phenoxy) is 1. The third-order valence-electron chi connectivity index (χ3n) is 3.51. The number of alkyl halides is 3. The fourth-order valence-corrected chi connectivity index (χ4v) is 2.06. The van der Waals surface area contributed by atoms with Gasteiger partial charge in [-0.05, 0) is 25.1 Å². The Morgan fingerprint density at radius 2 is 2.00 bits per heavy atom. The van der Waals surface area contributed by atoms with Gasteiger partial charge < -0.3 is 14.6 Å². The first-order valence-corrected chi connectivity index (χ1v) is 7.99. The van der Waals surface area contributed by atoms with E-state index >= 15 is 0 Å². The van der Waals surface area contributed by atoms with Crippen molar-refractivity contribution in [1.82, 2.24) is 25.4 Å². The van der Waals surface area contributed by atoms with Gasteiger partial charge in [-0.25, -0.2) is 4.79 Å². The average molecular weight is 393 g/mol. The van der Waals surface area contributed by atoms with Crippen LogP contribution >= 0.6 is 0 Å². The maximum absolute atomic E-state index is 12.5. The molecule has 0 unspecified atom stereocenters. The summed E-state index contributed by atoms with van der Waals surface area (Å²) in [5, 5.41) is 5.80. The van der Waals surface area contributed by atoms with Crippen LogP contribution in [0.15, 0.2) is 41.2 Å². The Balaban J connectivity index is 1.50. The fraction of sp³-hybridized carbons (Fsp3) is 0.235. The lowest BCUT2D eigenvalue weighted by molar-refractivity contribution is -0.159. The number of nitrogens with one attached hydrogen (secondary N) is 1. The van der Waals surface area contributed by atoms with Crippen molar-refractivity contribution >= 4 is 6.09 Å². The molecule has 1 N–H and O–H groups in total. The predicted molar refractivity (Wildman–Crippen MR) is 88.5 cm³/mol. The Kier molecular flexibility index (Phi) is 5.52. The van der Waals surface area contributed by atoms with Crippen LogP contribution in [0, 0.1) is 6.92 Å². The van der Waals surface area contributed by atoms with Crippen LogP contribution in [0.1, 0.15) is 22.8 Å². The van der Waals surface area contributed by atoms with Gasteiger partial charge in [0.15, 0.2) is 0 Å². The molecule has 146 valence electrons. The molecule has 0 fully saturated rings. The van der Waals surface area contributed by atoms with Crippen molar-refractivity contribution in [1.29, 1.82) is 0 Å². The van der Waals surface area contributed by atoms with E-state index < -0.39 is 18.2 Å². The molecule has 0 atom stereocenters. The van der Waals surface area contributed by atoms with Gasteiger partial charge in [0.2, 0.25) is 5.82 Å². The molecule has 0 radical (unpaired) electrons. The Hall–Kier alpha value is -3.50. The van der Waals surface area contributed by atoms with E-state index in [0.717, 1.165) is 11.3 Å². The first kappa shape index (κ1) is 19.3. The number of aryl methyl sites for hydroxylation is 1. The van der Waals surface area contributed by atoms with Crippen molar-refractivity contribution in [2.45, 2.75) is 26.3 Å². The smallest absolute Gasteiger partial charge is 0.445 e. The zero-order valence-electron chi connectivity index (χ0n) is 14.5. The highest BCUT2D eigenvalue weighted by Crippen LogP contribution is 2.29. The first-order valence-electron chi connectivity index (χ1n) is 7.99. The second kappa shape index (κ2) is 8.03. The quantitative estimate of drug-likeness (QED) is 0.709. The summed E-state index contributed by atoms with van der Waals surface area (Å²) < 4.78 is 46.7. The summed E-state index contributed by atoms with van der Waals surface area (Å²) in [5.74, 6) is -1.66. The van der Waals surface area contributed by atoms with Gasteiger partial charge in [-0.3, -0.25) is 9.97 Å². The predicted octanol–water partition coefficient (Wildman–Crippen LogP) is 3.28. The SMILES string of the molecule is Cc1ccc(COC(=O)NCc2ccc(-c3noc(C(F)(F)F)n3)cn2)cn1. The van der Waals surface area contributed by atoms with Gasteiger partial charge >= 0.3 is 18.2 Å². The molecule has 0 bridgehead atoms. The van der Waals surface area contributed by atoms with Crippen LogP contribution in [0.2, 0.25) is 0 Å². The molecule has 28 heavy (non-hydrogen) atoms. The van der Waals surface area contributed by atoms with Gasteiger partial charge in [0.1, 0.15) is 6.61 Å². The number of carbonyl (C=O) groups is 1. The molecular formula is C17H14F3N5O3. The van der Waals surface area contributed by atoms with Gasteiger partial charge in [0, 0.05) is 29.2 Å². The molecule has 0 aliphatic rings. The molecule has 11 heteroatoms. The lowest BCUT2D eigenvalue weighted by Gasteiger charge is -2.07. The average Bonchev–Trinajstić information content (AvgIpc) is 3.17. The molecule has 3 rings (SSSR count). The number of nitrogens with zero attached hydrogens (tertiary/aromatic N) is 4. The van der Waals surface area contributed by atoms with E-state index in [1.807, 2.05) is 13.0 Å². The molecule has 0 saturated carbocycles. The van der Waals surface area contributed by atoms with Crippen LogP contribution in [-0.4, -0.2) is 26.2 Å². The van der Waals surface area contributed by atoms with Crippen LogP contribution in [-0.2, 0) is 24.1 Å². The number of alkyl carbamates (subject to hydrolysis) is 1. The molecule has 0 spiro atoms. The highest BCUT2D eigenvalue weighted by molar-refractivity contribution is 5.67. The van der Waals surface area contributed by atoms with Gasteiger partial charge in [-0.1, -0.05) is 11.2 Å². The number of rotatable bonds is 5. The zero-order valence-corrected chi connectivity index (χ0v) is 14.5. The fourth-order valence-electron chi connectivity index (χ4n) is 2.06. The largest absolute Gasteiger partial charge is 0.471 e. The third-order valence-corrected chi connectivity index (χ3v) is 3.51. The van der Waals surface area contributed by atoms with E-state index in [1.54, 1.807) is 12.3 Å². The number of hydrogen-bond acceptors (Lipinski definition) is 7. The molecule has 0 aliphatic heterocycles. The van der Waals surface area contributed by atoms with Crippen molar-refractivity contribution in [2.24, 2.45) is 0 Å². The summed E-state index contributed by atoms with van der Waals surface area (Å²) in [5.41, 5.74) is 2.33. The number of hydrogen-bond donors (Lipinski definition) is 1. The maximum Gasteiger partial charge on any atom is 0.471 e. The topological polar surface area (TPSA) is 103 Å². The van der Waals surface area contributed by atoms with Crippen molar-refractivity contribution < 1.29 is 27.2 Å². The number of pyridine rings is 2. The summed E-state index contributed by atoms with van der Waals surface area (Å²) in [6, 6.07) is 6.60. The monoisotopic (exact) mass is 393 g/mol. The van der Waals surface area contributed by atoms with Crippen molar-refractivity contribution in [3.05, 3.63) is 59.5 Å². The Morgan fingerprint density at radius 3 is 2.61 bits per heavy atom. The molecule has 0 aromatic carbocycles. The van der Waals surface area contributed by atoms with E-state index in [4.69, 9.17) is 4.74 Å². The summed E-state index contributed by atoms with van der Waals surface area (Å²) in [4.78, 5) is 23.1. The summed E-state index contributed by atoms with van der Waals surface area (Å²) in [6.45, 7) is 2.00. The minimum atomic E-state index is -4.71. The Morgan fingerprint density at radius 1 is 1.18 bits per heavy atom. The van der Waals surface area contributed by atoms with Crippen LogP contribution in [0.3, 0.4) is 0 Å². The van der Waals surface area contributed by atoms with E-state index in [9.17, 15) is 18.0 Å². The van der Waals surface area contributed by atoms with Crippen molar-refractivity contribution in [2.75, 3.05) is 0 Å². The second-order valence-corrected chi connectivity index (χ2v) is 5.70. The van der Waals surface area contributed by atoms with Crippen LogP contribution < -0.4 is 5.32 Å². The molecule has 3 aromatic heterocycles. The number of amides is 1. The lowest BCUT2D eigenvalue weighted by Crippen LogP contribution is -2.24. The molecule has 0 saturated heterocycles. The van der Waals surface area contributed by atoms with E-state index in [0.29, 0.717) is 5.69 Å². The molecule has 3 heterocycles. The maximum atomic E-state index is 12.5. The van der Waals surface area contributed by atoms with Crippen LogP contribution in [0.5, 0.6) is 0 Å². The summed E-state index contributed by atoms with van der Waals surface area (Å²) in [6.07, 6.45) is -2.45. The zero-order chi connectivity index (χ0) is 20.1. The highest BCUT2D eigenvalue weighted by atomic mass is 19.4. The van der Waals surface area contributed by atoms with Crippen LogP contribution in [0.25, 0.3) is 11.4 Å². The van der Waals surface area contributed by atoms with E-state index in [-0.39, 0.29) is 24.5 Å². The molecule has 1 amide bonds. The van der Waals surface area contributed by atoms with Gasteiger partial charge in [-0.15, -0.1) is 0 Å². The third kappa shape index (κ3) is 5.02. The summed E-state index contributed by atoms with van der Waals surface area (Å²) in [7, 11) is 0. The molecule has 8 nitrogen and oxygen atoms in total. The highest BCUT2D eigenvalue weighted by Gasteiger charge is 2.38. The summed E-state index contributed by atoms with van der Waals surface area (Å²) >= 11 is 0. The Bertz CT molecular complexity index is 940. The second-order valence-electron chi connectivity index (χ2n) is 5.70. The first-order chi connectivity index (χ1) is 13.3. The minimum absolute atomic E-state index is 0.0743. The van der Waals surface area contributed by atoms with Gasteiger partial charge in [0.05, 0.1) is 12.2 Å².